The number of piperidine rings is 1. The molecule has 0 bridgehead atoms. The highest BCUT2D eigenvalue weighted by Gasteiger charge is 2.24. The molecule has 0 saturated carbocycles. The van der Waals surface area contributed by atoms with Gasteiger partial charge in [-0.15, -0.1) is 0 Å². The minimum atomic E-state index is 0.00598. The lowest BCUT2D eigenvalue weighted by molar-refractivity contribution is 0.0690. The summed E-state index contributed by atoms with van der Waals surface area (Å²) in [6, 6.07) is 15.3. The topological polar surface area (TPSA) is 49.8 Å². The highest BCUT2D eigenvalue weighted by atomic mass is 16.5. The summed E-state index contributed by atoms with van der Waals surface area (Å²) in [4.78, 5) is 14.5. The SMILES string of the molecule is COc1cc(C(=O)N2CCC(Cc3ccccc3)CC2)ccc1O. The van der Waals surface area contributed by atoms with Crippen LogP contribution in [0.2, 0.25) is 0 Å². The molecule has 3 rings (SSSR count). The molecule has 1 aliphatic heterocycles. The van der Waals surface area contributed by atoms with E-state index in [2.05, 4.69) is 24.3 Å². The number of rotatable bonds is 4. The maximum atomic E-state index is 12.6. The molecule has 0 aromatic heterocycles. The van der Waals surface area contributed by atoms with Crippen LogP contribution in [0.5, 0.6) is 11.5 Å². The van der Waals surface area contributed by atoms with E-state index in [0.717, 1.165) is 32.4 Å². The fourth-order valence-electron chi connectivity index (χ4n) is 3.28. The lowest BCUT2D eigenvalue weighted by Crippen LogP contribution is -2.38. The van der Waals surface area contributed by atoms with E-state index in [1.54, 1.807) is 12.1 Å². The number of phenolic OH excluding ortho intramolecular Hbond substituents is 1. The predicted molar refractivity (Wildman–Crippen MR) is 93.4 cm³/mol. The van der Waals surface area contributed by atoms with Crippen molar-refractivity contribution in [3.05, 3.63) is 59.7 Å². The summed E-state index contributed by atoms with van der Waals surface area (Å²) in [5.74, 6) is 1.02. The van der Waals surface area contributed by atoms with Crippen molar-refractivity contribution in [2.24, 2.45) is 5.92 Å². The van der Waals surface area contributed by atoms with E-state index in [1.165, 1.54) is 18.7 Å². The molecule has 126 valence electrons. The molecule has 2 aromatic carbocycles. The molecule has 1 fully saturated rings. The van der Waals surface area contributed by atoms with Gasteiger partial charge in [-0.3, -0.25) is 4.79 Å². The summed E-state index contributed by atoms with van der Waals surface area (Å²) < 4.78 is 5.09. The average molecular weight is 325 g/mol. The molecule has 4 nitrogen and oxygen atoms in total. The zero-order valence-corrected chi connectivity index (χ0v) is 13.9. The van der Waals surface area contributed by atoms with Crippen molar-refractivity contribution in [1.82, 2.24) is 4.90 Å². The molecule has 1 saturated heterocycles. The third-order valence-electron chi connectivity index (χ3n) is 4.70. The number of phenols is 1. The van der Waals surface area contributed by atoms with Crippen LogP contribution >= 0.6 is 0 Å². The molecule has 0 spiro atoms. The number of nitrogens with zero attached hydrogens (tertiary/aromatic N) is 1. The minimum absolute atomic E-state index is 0.00598. The van der Waals surface area contributed by atoms with Crippen molar-refractivity contribution in [3.63, 3.8) is 0 Å². The molecule has 0 unspecified atom stereocenters. The molecule has 24 heavy (non-hydrogen) atoms. The van der Waals surface area contributed by atoms with E-state index in [9.17, 15) is 9.90 Å². The quantitative estimate of drug-likeness (QED) is 0.936. The first kappa shape index (κ1) is 16.4. The van der Waals surface area contributed by atoms with Crippen LogP contribution in [0.4, 0.5) is 0 Å². The number of likely N-dealkylation sites (tertiary alicyclic amines) is 1. The molecule has 1 N–H and O–H groups in total. The van der Waals surface area contributed by atoms with Gasteiger partial charge in [0.1, 0.15) is 0 Å². The monoisotopic (exact) mass is 325 g/mol. The van der Waals surface area contributed by atoms with Crippen LogP contribution in [0.1, 0.15) is 28.8 Å². The number of ether oxygens (including phenoxy) is 1. The van der Waals surface area contributed by atoms with Crippen LogP contribution in [0, 0.1) is 5.92 Å². The van der Waals surface area contributed by atoms with Crippen LogP contribution in [0.3, 0.4) is 0 Å². The van der Waals surface area contributed by atoms with Crippen molar-refractivity contribution in [2.45, 2.75) is 19.3 Å². The van der Waals surface area contributed by atoms with E-state index < -0.39 is 0 Å². The summed E-state index contributed by atoms with van der Waals surface area (Å²) >= 11 is 0. The maximum absolute atomic E-state index is 12.6. The van der Waals surface area contributed by atoms with Crippen LogP contribution in [0.25, 0.3) is 0 Å². The Morgan fingerprint density at radius 1 is 1.17 bits per heavy atom. The standard InChI is InChI=1S/C20H23NO3/c1-24-19-14-17(7-8-18(19)22)20(23)21-11-9-16(10-12-21)13-15-5-3-2-4-6-15/h2-8,14,16,22H,9-13H2,1H3. The number of hydrogen-bond acceptors (Lipinski definition) is 3. The lowest BCUT2D eigenvalue weighted by Gasteiger charge is -2.32. The fourth-order valence-corrected chi connectivity index (χ4v) is 3.28. The molecule has 0 aliphatic carbocycles. The molecular formula is C20H23NO3. The molecule has 1 heterocycles. The van der Waals surface area contributed by atoms with Crippen LogP contribution < -0.4 is 4.74 Å². The van der Waals surface area contributed by atoms with Crippen LogP contribution in [-0.2, 0) is 6.42 Å². The lowest BCUT2D eigenvalue weighted by atomic mass is 9.90. The van der Waals surface area contributed by atoms with E-state index in [0.29, 0.717) is 17.2 Å². The Bertz CT molecular complexity index is 691. The van der Waals surface area contributed by atoms with Gasteiger partial charge in [0, 0.05) is 18.7 Å². The molecular weight excluding hydrogens is 302 g/mol. The Morgan fingerprint density at radius 2 is 1.88 bits per heavy atom. The number of hydrogen-bond donors (Lipinski definition) is 1. The van der Waals surface area contributed by atoms with Gasteiger partial charge < -0.3 is 14.7 Å². The number of carbonyl (C=O) groups excluding carboxylic acids is 1. The van der Waals surface area contributed by atoms with Gasteiger partial charge in [0.25, 0.3) is 5.91 Å². The molecule has 4 heteroatoms. The van der Waals surface area contributed by atoms with Gasteiger partial charge in [0.05, 0.1) is 7.11 Å². The second kappa shape index (κ2) is 7.39. The van der Waals surface area contributed by atoms with Gasteiger partial charge in [0.2, 0.25) is 0 Å². The van der Waals surface area contributed by atoms with E-state index in [4.69, 9.17) is 4.74 Å². The van der Waals surface area contributed by atoms with Crippen molar-refractivity contribution < 1.29 is 14.6 Å². The summed E-state index contributed by atoms with van der Waals surface area (Å²) in [5.41, 5.74) is 1.93. The smallest absolute Gasteiger partial charge is 0.253 e. The minimum Gasteiger partial charge on any atom is -0.504 e. The Labute approximate surface area is 142 Å². The summed E-state index contributed by atoms with van der Waals surface area (Å²) in [6.45, 7) is 1.55. The summed E-state index contributed by atoms with van der Waals surface area (Å²) in [7, 11) is 1.48. The van der Waals surface area contributed by atoms with Crippen molar-refractivity contribution >= 4 is 5.91 Å². The predicted octanol–water partition coefficient (Wildman–Crippen LogP) is 3.50. The molecule has 1 aliphatic rings. The fraction of sp³-hybridized carbons (Fsp3) is 0.350. The van der Waals surface area contributed by atoms with Crippen LogP contribution in [0.15, 0.2) is 48.5 Å². The van der Waals surface area contributed by atoms with E-state index in [1.807, 2.05) is 11.0 Å². The maximum Gasteiger partial charge on any atom is 0.253 e. The normalized spacial score (nSPS) is 15.3. The van der Waals surface area contributed by atoms with Gasteiger partial charge in [0.15, 0.2) is 11.5 Å². The van der Waals surface area contributed by atoms with Crippen LogP contribution in [-0.4, -0.2) is 36.1 Å². The third kappa shape index (κ3) is 3.70. The first-order valence-corrected chi connectivity index (χ1v) is 8.37. The van der Waals surface area contributed by atoms with Gasteiger partial charge >= 0.3 is 0 Å². The Morgan fingerprint density at radius 3 is 2.54 bits per heavy atom. The third-order valence-corrected chi connectivity index (χ3v) is 4.70. The first-order valence-electron chi connectivity index (χ1n) is 8.37. The molecule has 0 radical (unpaired) electrons. The number of benzene rings is 2. The van der Waals surface area contributed by atoms with Gasteiger partial charge in [-0.25, -0.2) is 0 Å². The number of carbonyl (C=O) groups is 1. The van der Waals surface area contributed by atoms with E-state index >= 15 is 0 Å². The Hall–Kier alpha value is -2.49. The first-order chi connectivity index (χ1) is 11.7. The number of amides is 1. The summed E-state index contributed by atoms with van der Waals surface area (Å²) in [5, 5.41) is 9.65. The molecule has 0 atom stereocenters. The largest absolute Gasteiger partial charge is 0.504 e. The second-order valence-electron chi connectivity index (χ2n) is 6.31. The molecule has 2 aromatic rings. The van der Waals surface area contributed by atoms with Gasteiger partial charge in [-0.1, -0.05) is 30.3 Å². The highest BCUT2D eigenvalue weighted by molar-refractivity contribution is 5.95. The zero-order chi connectivity index (χ0) is 16.9. The van der Waals surface area contributed by atoms with Crippen molar-refractivity contribution in [3.8, 4) is 11.5 Å². The second-order valence-corrected chi connectivity index (χ2v) is 6.31. The average Bonchev–Trinajstić information content (AvgIpc) is 2.63. The van der Waals surface area contributed by atoms with Crippen molar-refractivity contribution in [2.75, 3.05) is 20.2 Å². The summed E-state index contributed by atoms with van der Waals surface area (Å²) in [6.07, 6.45) is 3.13. The highest BCUT2D eigenvalue weighted by Crippen LogP contribution is 2.28. The van der Waals surface area contributed by atoms with Gasteiger partial charge in [-0.2, -0.15) is 0 Å². The number of methoxy groups -OCH3 is 1. The van der Waals surface area contributed by atoms with E-state index in [-0.39, 0.29) is 11.7 Å². The number of aromatic hydroxyl groups is 1. The Balaban J connectivity index is 1.59. The van der Waals surface area contributed by atoms with Crippen molar-refractivity contribution in [1.29, 1.82) is 0 Å². The Kier molecular flexibility index (Phi) is 5.04. The van der Waals surface area contributed by atoms with Gasteiger partial charge in [-0.05, 0) is 48.9 Å². The zero-order valence-electron chi connectivity index (χ0n) is 13.9. The molecule has 1 amide bonds.